The average molecular weight is 311 g/mol. The highest BCUT2D eigenvalue weighted by Gasteiger charge is 2.16. The molecule has 0 amide bonds. The van der Waals surface area contributed by atoms with Crippen molar-refractivity contribution in [3.63, 3.8) is 0 Å². The van der Waals surface area contributed by atoms with Crippen LogP contribution in [0, 0.1) is 6.92 Å². The topological polar surface area (TPSA) is 24.9 Å². The number of hydrogen-bond donors (Lipinski definition) is 1. The molecule has 0 saturated heterocycles. The van der Waals surface area contributed by atoms with Crippen LogP contribution in [-0.4, -0.2) is 11.5 Å². The Bertz CT molecular complexity index is 496. The van der Waals surface area contributed by atoms with Gasteiger partial charge in [-0.15, -0.1) is 11.3 Å². The van der Waals surface area contributed by atoms with Crippen molar-refractivity contribution in [3.05, 3.63) is 50.4 Å². The molecule has 0 fully saturated rings. The van der Waals surface area contributed by atoms with Crippen LogP contribution in [-0.2, 0) is 0 Å². The van der Waals surface area contributed by atoms with Gasteiger partial charge in [0, 0.05) is 27.1 Å². The molecule has 1 unspecified atom stereocenters. The van der Waals surface area contributed by atoms with Gasteiger partial charge in [0.1, 0.15) is 0 Å². The van der Waals surface area contributed by atoms with Crippen LogP contribution in [0.1, 0.15) is 29.0 Å². The fourth-order valence-electron chi connectivity index (χ4n) is 1.83. The van der Waals surface area contributed by atoms with E-state index in [1.54, 1.807) is 11.3 Å². The fourth-order valence-corrected chi connectivity index (χ4v) is 3.36. The summed E-state index contributed by atoms with van der Waals surface area (Å²) in [6.07, 6.45) is 3.79. The van der Waals surface area contributed by atoms with Crippen molar-refractivity contribution in [3.8, 4) is 0 Å². The highest BCUT2D eigenvalue weighted by molar-refractivity contribution is 9.10. The highest BCUT2D eigenvalue weighted by Crippen LogP contribution is 2.31. The van der Waals surface area contributed by atoms with Gasteiger partial charge < -0.3 is 5.32 Å². The van der Waals surface area contributed by atoms with Crippen molar-refractivity contribution in [2.45, 2.75) is 19.9 Å². The van der Waals surface area contributed by atoms with E-state index in [2.05, 4.69) is 57.6 Å². The van der Waals surface area contributed by atoms with Gasteiger partial charge in [-0.25, -0.2) is 0 Å². The van der Waals surface area contributed by atoms with Crippen LogP contribution < -0.4 is 5.32 Å². The Hall–Kier alpha value is -0.710. The number of pyridine rings is 1. The monoisotopic (exact) mass is 310 g/mol. The van der Waals surface area contributed by atoms with Crippen molar-refractivity contribution in [1.82, 2.24) is 10.3 Å². The number of hydrogen-bond acceptors (Lipinski definition) is 3. The van der Waals surface area contributed by atoms with Gasteiger partial charge in [-0.2, -0.15) is 0 Å². The predicted molar refractivity (Wildman–Crippen MR) is 76.5 cm³/mol. The lowest BCUT2D eigenvalue weighted by Gasteiger charge is -2.18. The van der Waals surface area contributed by atoms with Crippen molar-refractivity contribution >= 4 is 27.3 Å². The lowest BCUT2D eigenvalue weighted by molar-refractivity contribution is 0.634. The molecular weight excluding hydrogens is 296 g/mol. The molecule has 90 valence electrons. The van der Waals surface area contributed by atoms with Gasteiger partial charge in [-0.1, -0.05) is 6.92 Å². The van der Waals surface area contributed by atoms with Crippen LogP contribution in [0.3, 0.4) is 0 Å². The minimum absolute atomic E-state index is 0.241. The highest BCUT2D eigenvalue weighted by atomic mass is 79.9. The Balaban J connectivity index is 2.39. The molecule has 0 aromatic carbocycles. The number of thiophene rings is 1. The summed E-state index contributed by atoms with van der Waals surface area (Å²) in [6.45, 7) is 5.19. The van der Waals surface area contributed by atoms with E-state index in [0.29, 0.717) is 0 Å². The quantitative estimate of drug-likeness (QED) is 0.926. The SMILES string of the molecule is CCNC(c1cc(Br)cs1)c1cnccc1C. The lowest BCUT2D eigenvalue weighted by Crippen LogP contribution is -2.22. The fraction of sp³-hybridized carbons (Fsp3) is 0.308. The summed E-state index contributed by atoms with van der Waals surface area (Å²) >= 11 is 5.27. The molecule has 4 heteroatoms. The first-order valence-corrected chi connectivity index (χ1v) is 7.27. The molecule has 2 heterocycles. The van der Waals surface area contributed by atoms with Crippen molar-refractivity contribution in [2.24, 2.45) is 0 Å². The smallest absolute Gasteiger partial charge is 0.0689 e. The number of aromatic nitrogens is 1. The summed E-state index contributed by atoms with van der Waals surface area (Å²) in [5.41, 5.74) is 2.53. The van der Waals surface area contributed by atoms with E-state index in [4.69, 9.17) is 0 Å². The molecule has 0 saturated carbocycles. The second-order valence-corrected chi connectivity index (χ2v) is 5.75. The molecule has 2 aromatic rings. The Morgan fingerprint density at radius 3 is 2.94 bits per heavy atom. The van der Waals surface area contributed by atoms with E-state index in [1.807, 2.05) is 12.4 Å². The normalized spacial score (nSPS) is 12.6. The third-order valence-electron chi connectivity index (χ3n) is 2.67. The molecule has 0 radical (unpaired) electrons. The second kappa shape index (κ2) is 5.76. The lowest BCUT2D eigenvalue weighted by atomic mass is 10.0. The number of halogens is 1. The molecule has 0 aliphatic carbocycles. The van der Waals surface area contributed by atoms with Crippen LogP contribution in [0.4, 0.5) is 0 Å². The van der Waals surface area contributed by atoms with Crippen molar-refractivity contribution in [2.75, 3.05) is 6.54 Å². The summed E-state index contributed by atoms with van der Waals surface area (Å²) < 4.78 is 1.14. The summed E-state index contributed by atoms with van der Waals surface area (Å²) in [6, 6.07) is 4.47. The van der Waals surface area contributed by atoms with Crippen molar-refractivity contribution in [1.29, 1.82) is 0 Å². The largest absolute Gasteiger partial charge is 0.306 e. The van der Waals surface area contributed by atoms with Gasteiger partial charge in [-0.05, 0) is 52.7 Å². The Kier molecular flexibility index (Phi) is 4.31. The third-order valence-corrected chi connectivity index (χ3v) is 4.43. The Labute approximate surface area is 114 Å². The predicted octanol–water partition coefficient (Wildman–Crippen LogP) is 3.91. The van der Waals surface area contributed by atoms with E-state index in [9.17, 15) is 0 Å². The van der Waals surface area contributed by atoms with E-state index in [-0.39, 0.29) is 6.04 Å². The molecule has 0 aliphatic heterocycles. The zero-order chi connectivity index (χ0) is 12.3. The number of nitrogens with one attached hydrogen (secondary N) is 1. The van der Waals surface area contributed by atoms with Crippen LogP contribution in [0.2, 0.25) is 0 Å². The molecule has 0 bridgehead atoms. The maximum absolute atomic E-state index is 4.23. The first-order valence-electron chi connectivity index (χ1n) is 5.60. The summed E-state index contributed by atoms with van der Waals surface area (Å²) in [4.78, 5) is 5.55. The molecule has 2 aromatic heterocycles. The third kappa shape index (κ3) is 2.94. The van der Waals surface area contributed by atoms with E-state index in [0.717, 1.165) is 11.0 Å². The first kappa shape index (κ1) is 12.7. The molecule has 2 rings (SSSR count). The van der Waals surface area contributed by atoms with Gasteiger partial charge in [0.05, 0.1) is 6.04 Å². The van der Waals surface area contributed by atoms with E-state index < -0.39 is 0 Å². The van der Waals surface area contributed by atoms with Gasteiger partial charge in [0.2, 0.25) is 0 Å². The summed E-state index contributed by atoms with van der Waals surface area (Å²) in [5.74, 6) is 0. The van der Waals surface area contributed by atoms with Crippen molar-refractivity contribution < 1.29 is 0 Å². The Morgan fingerprint density at radius 1 is 1.53 bits per heavy atom. The van der Waals surface area contributed by atoms with E-state index in [1.165, 1.54) is 16.0 Å². The van der Waals surface area contributed by atoms with Gasteiger partial charge in [0.25, 0.3) is 0 Å². The van der Waals surface area contributed by atoms with Gasteiger partial charge in [0.15, 0.2) is 0 Å². The maximum atomic E-state index is 4.23. The molecule has 0 spiro atoms. The first-order chi connectivity index (χ1) is 8.22. The number of nitrogens with zero attached hydrogens (tertiary/aromatic N) is 1. The zero-order valence-corrected chi connectivity index (χ0v) is 12.3. The van der Waals surface area contributed by atoms with Crippen LogP contribution in [0.25, 0.3) is 0 Å². The molecular formula is C13H15BrN2S. The molecule has 0 aliphatic rings. The summed E-state index contributed by atoms with van der Waals surface area (Å²) in [7, 11) is 0. The zero-order valence-electron chi connectivity index (χ0n) is 9.90. The van der Waals surface area contributed by atoms with Crippen LogP contribution in [0.5, 0.6) is 0 Å². The molecule has 17 heavy (non-hydrogen) atoms. The van der Waals surface area contributed by atoms with Gasteiger partial charge in [-0.3, -0.25) is 4.98 Å². The van der Waals surface area contributed by atoms with Crippen LogP contribution >= 0.6 is 27.3 Å². The number of rotatable bonds is 4. The standard InChI is InChI=1S/C13H15BrN2S/c1-3-16-13(12-6-10(14)8-17-12)11-7-15-5-4-9(11)2/h4-8,13,16H,3H2,1-2H3. The number of aryl methyl sites for hydroxylation is 1. The van der Waals surface area contributed by atoms with Crippen LogP contribution in [0.15, 0.2) is 34.4 Å². The molecule has 2 nitrogen and oxygen atoms in total. The minimum atomic E-state index is 0.241. The maximum Gasteiger partial charge on any atom is 0.0689 e. The average Bonchev–Trinajstić information content (AvgIpc) is 2.74. The Morgan fingerprint density at radius 2 is 2.35 bits per heavy atom. The van der Waals surface area contributed by atoms with E-state index >= 15 is 0 Å². The second-order valence-electron chi connectivity index (χ2n) is 3.89. The molecule has 1 N–H and O–H groups in total. The van der Waals surface area contributed by atoms with Gasteiger partial charge >= 0.3 is 0 Å². The minimum Gasteiger partial charge on any atom is -0.306 e. The molecule has 1 atom stereocenters. The summed E-state index contributed by atoms with van der Waals surface area (Å²) in [5, 5.41) is 5.64.